The Labute approximate surface area is 260 Å². The van der Waals surface area contributed by atoms with Gasteiger partial charge in [-0.25, -0.2) is 5.43 Å². The van der Waals surface area contributed by atoms with E-state index < -0.39 is 5.41 Å². The molecule has 2 aromatic carbocycles. The monoisotopic (exact) mass is 597 g/mol. The fourth-order valence-electron chi connectivity index (χ4n) is 7.02. The van der Waals surface area contributed by atoms with Crippen LogP contribution in [0.1, 0.15) is 57.4 Å². The smallest absolute Gasteiger partial charge is 0.253 e. The molecule has 232 valence electrons. The Balaban J connectivity index is 1.53. The molecule has 0 radical (unpaired) electrons. The Kier molecular flexibility index (Phi) is 8.82. The van der Waals surface area contributed by atoms with Crippen LogP contribution in [0.2, 0.25) is 0 Å². The summed E-state index contributed by atoms with van der Waals surface area (Å²) in [5.74, 6) is 0.0674. The van der Waals surface area contributed by atoms with Crippen LogP contribution in [0, 0.1) is 17.2 Å². The number of piperidine rings is 1. The predicted molar refractivity (Wildman–Crippen MR) is 169 cm³/mol. The van der Waals surface area contributed by atoms with Crippen molar-refractivity contribution in [3.05, 3.63) is 76.4 Å². The maximum absolute atomic E-state index is 14.3. The standard InChI is InChI=1S/C34H43N7O3/c1-21(39(3)4)22-9-11-28-23(15-22)7-8-24-16-25(32(43)40(5)6)10-12-29(24)34(28,33(44)38-36-2)13-14-37-20-31(42)41-27(19-35)17-26-18-30(26)41/h9-12,15-16,26-27,30,36-37H,1,7-8,13-14,17-18,20H2,2-6H3,(H,38,44)/t26-,27?,30+,34?/m1/s1. The summed E-state index contributed by atoms with van der Waals surface area (Å²) < 4.78 is 0. The van der Waals surface area contributed by atoms with Crippen molar-refractivity contribution < 1.29 is 14.4 Å². The van der Waals surface area contributed by atoms with Gasteiger partial charge in [0.05, 0.1) is 12.6 Å². The third-order valence-electron chi connectivity index (χ3n) is 9.44. The van der Waals surface area contributed by atoms with Gasteiger partial charge in [0.1, 0.15) is 11.5 Å². The van der Waals surface area contributed by atoms with Crippen LogP contribution in [-0.2, 0) is 27.8 Å². The van der Waals surface area contributed by atoms with Crippen molar-refractivity contribution in [1.82, 2.24) is 30.9 Å². The van der Waals surface area contributed by atoms with Gasteiger partial charge in [0, 0.05) is 52.5 Å². The number of benzene rings is 2. The summed E-state index contributed by atoms with van der Waals surface area (Å²) in [6.07, 6.45) is 3.45. The summed E-state index contributed by atoms with van der Waals surface area (Å²) in [4.78, 5) is 45.7. The van der Waals surface area contributed by atoms with Crippen LogP contribution < -0.4 is 16.2 Å². The summed E-state index contributed by atoms with van der Waals surface area (Å²) in [6, 6.07) is 13.9. The second-order valence-corrected chi connectivity index (χ2v) is 12.6. The highest BCUT2D eigenvalue weighted by atomic mass is 16.2. The van der Waals surface area contributed by atoms with Gasteiger partial charge in [-0.1, -0.05) is 24.8 Å². The average Bonchev–Trinajstić information content (AvgIpc) is 3.70. The summed E-state index contributed by atoms with van der Waals surface area (Å²) in [7, 11) is 9.02. The van der Waals surface area contributed by atoms with Gasteiger partial charge in [-0.3, -0.25) is 19.8 Å². The molecular formula is C34H43N7O3. The first-order chi connectivity index (χ1) is 21.0. The topological polar surface area (TPSA) is 121 Å². The molecule has 2 unspecified atom stereocenters. The molecule has 0 bridgehead atoms. The van der Waals surface area contributed by atoms with E-state index in [4.69, 9.17) is 0 Å². The molecule has 1 heterocycles. The number of aryl methyl sites for hydroxylation is 2. The zero-order valence-electron chi connectivity index (χ0n) is 26.4. The van der Waals surface area contributed by atoms with Gasteiger partial charge in [0.25, 0.3) is 5.91 Å². The normalized spacial score (nSPS) is 22.9. The van der Waals surface area contributed by atoms with Crippen LogP contribution in [0.15, 0.2) is 43.0 Å². The third kappa shape index (κ3) is 5.58. The molecule has 1 aliphatic heterocycles. The molecule has 3 N–H and O–H groups in total. The highest BCUT2D eigenvalue weighted by molar-refractivity contribution is 5.96. The number of carbonyl (C=O) groups excluding carboxylic acids is 3. The molecule has 3 amide bonds. The number of likely N-dealkylation sites (tertiary alicyclic amines) is 1. The number of hydrogen-bond donors (Lipinski definition) is 3. The largest absolute Gasteiger partial charge is 0.378 e. The molecule has 44 heavy (non-hydrogen) atoms. The first kappa shape index (κ1) is 31.2. The molecule has 2 aliphatic carbocycles. The Morgan fingerprint density at radius 2 is 1.64 bits per heavy atom. The van der Waals surface area contributed by atoms with Gasteiger partial charge in [0.2, 0.25) is 11.8 Å². The molecule has 1 saturated heterocycles. The van der Waals surface area contributed by atoms with E-state index in [1.54, 1.807) is 37.0 Å². The molecular weight excluding hydrogens is 554 g/mol. The van der Waals surface area contributed by atoms with Crippen LogP contribution >= 0.6 is 0 Å². The van der Waals surface area contributed by atoms with Gasteiger partial charge >= 0.3 is 0 Å². The quantitative estimate of drug-likeness (QED) is 0.283. The molecule has 0 spiro atoms. The van der Waals surface area contributed by atoms with Crippen molar-refractivity contribution in [3.63, 3.8) is 0 Å². The van der Waals surface area contributed by atoms with E-state index in [1.165, 1.54) is 0 Å². The molecule has 10 nitrogen and oxygen atoms in total. The number of nitrogens with zero attached hydrogens (tertiary/aromatic N) is 4. The van der Waals surface area contributed by atoms with Crippen LogP contribution in [0.4, 0.5) is 0 Å². The van der Waals surface area contributed by atoms with Gasteiger partial charge in [0.15, 0.2) is 0 Å². The minimum absolute atomic E-state index is 0.0735. The summed E-state index contributed by atoms with van der Waals surface area (Å²) in [5, 5.41) is 12.8. The minimum Gasteiger partial charge on any atom is -0.378 e. The van der Waals surface area contributed by atoms with Gasteiger partial charge in [-0.2, -0.15) is 5.26 Å². The van der Waals surface area contributed by atoms with Gasteiger partial charge in [-0.05, 0) is 90.6 Å². The zero-order valence-corrected chi connectivity index (χ0v) is 26.4. The lowest BCUT2D eigenvalue weighted by Gasteiger charge is -2.36. The summed E-state index contributed by atoms with van der Waals surface area (Å²) in [5.41, 5.74) is 10.7. The number of hydrogen-bond acceptors (Lipinski definition) is 7. The number of rotatable bonds is 10. The zero-order chi connectivity index (χ0) is 31.8. The SMILES string of the molecule is C=C(c1ccc2c(c1)CCc1cc(C(=O)N(C)C)ccc1C2(CCNCC(=O)N1C(C#N)C[C@@H]2C[C@@H]21)C(=O)NNC)N(C)C. The van der Waals surface area contributed by atoms with Crippen LogP contribution in [0.5, 0.6) is 0 Å². The highest BCUT2D eigenvalue weighted by Crippen LogP contribution is 2.47. The van der Waals surface area contributed by atoms with E-state index in [0.717, 1.165) is 46.4 Å². The fourth-order valence-corrected chi connectivity index (χ4v) is 7.02. The maximum Gasteiger partial charge on any atom is 0.253 e. The highest BCUT2D eigenvalue weighted by Gasteiger charge is 2.54. The van der Waals surface area contributed by atoms with Crippen molar-refractivity contribution in [2.75, 3.05) is 48.3 Å². The number of amides is 3. The first-order valence-electron chi connectivity index (χ1n) is 15.3. The average molecular weight is 598 g/mol. The van der Waals surface area contributed by atoms with Gasteiger partial charge in [-0.15, -0.1) is 0 Å². The number of fused-ring (bicyclic) bond motifs is 3. The Morgan fingerprint density at radius 1 is 1.00 bits per heavy atom. The maximum atomic E-state index is 14.3. The molecule has 3 aliphatic rings. The van der Waals surface area contributed by atoms with E-state index in [-0.39, 0.29) is 36.3 Å². The molecule has 10 heteroatoms. The summed E-state index contributed by atoms with van der Waals surface area (Å²) in [6.45, 7) is 4.72. The van der Waals surface area contributed by atoms with E-state index in [9.17, 15) is 19.6 Å². The van der Waals surface area contributed by atoms with Crippen molar-refractivity contribution in [1.29, 1.82) is 5.26 Å². The van der Waals surface area contributed by atoms with Crippen molar-refractivity contribution >= 4 is 23.4 Å². The van der Waals surface area contributed by atoms with Crippen LogP contribution in [0.3, 0.4) is 0 Å². The number of carbonyl (C=O) groups is 3. The molecule has 2 fully saturated rings. The molecule has 5 rings (SSSR count). The molecule has 0 aromatic heterocycles. The number of nitriles is 1. The first-order valence-corrected chi connectivity index (χ1v) is 15.3. The van der Waals surface area contributed by atoms with E-state index in [0.29, 0.717) is 37.3 Å². The Bertz CT molecular complexity index is 1450. The number of hydrazine groups is 1. The Hall–Kier alpha value is -4.20. The van der Waals surface area contributed by atoms with Crippen molar-refractivity contribution in [3.8, 4) is 6.07 Å². The minimum atomic E-state index is -1.11. The molecule has 2 aromatic rings. The Morgan fingerprint density at radius 3 is 2.23 bits per heavy atom. The van der Waals surface area contributed by atoms with Crippen molar-refractivity contribution in [2.24, 2.45) is 5.92 Å². The third-order valence-corrected chi connectivity index (χ3v) is 9.44. The van der Waals surface area contributed by atoms with Crippen LogP contribution in [-0.4, -0.2) is 92.8 Å². The lowest BCUT2D eigenvalue weighted by Crippen LogP contribution is -2.51. The lowest BCUT2D eigenvalue weighted by atomic mass is 9.69. The van der Waals surface area contributed by atoms with Gasteiger partial charge < -0.3 is 20.0 Å². The lowest BCUT2D eigenvalue weighted by molar-refractivity contribution is -0.131. The molecule has 1 saturated carbocycles. The van der Waals surface area contributed by atoms with Crippen molar-refractivity contribution in [2.45, 2.75) is 49.6 Å². The van der Waals surface area contributed by atoms with E-state index in [1.807, 2.05) is 43.3 Å². The second-order valence-electron chi connectivity index (χ2n) is 12.6. The summed E-state index contributed by atoms with van der Waals surface area (Å²) >= 11 is 0. The van der Waals surface area contributed by atoms with E-state index >= 15 is 0 Å². The van der Waals surface area contributed by atoms with Crippen LogP contribution in [0.25, 0.3) is 5.70 Å². The fraction of sp³-hybridized carbons (Fsp3) is 0.471. The predicted octanol–water partition coefficient (Wildman–Crippen LogP) is 2.05. The second kappa shape index (κ2) is 12.4. The van der Waals surface area contributed by atoms with E-state index in [2.05, 4.69) is 34.9 Å². The number of nitrogens with one attached hydrogen (secondary N) is 3. The molecule has 4 atom stereocenters.